The van der Waals surface area contributed by atoms with Crippen LogP contribution in [-0.2, 0) is 4.74 Å². The molecule has 0 radical (unpaired) electrons. The van der Waals surface area contributed by atoms with Crippen molar-refractivity contribution in [3.8, 4) is 5.75 Å². The summed E-state index contributed by atoms with van der Waals surface area (Å²) in [6, 6.07) is 2.54. The molecule has 1 aromatic carbocycles. The van der Waals surface area contributed by atoms with Gasteiger partial charge in [-0.2, -0.15) is 0 Å². The summed E-state index contributed by atoms with van der Waals surface area (Å²) in [4.78, 5) is 11.8. The van der Waals surface area contributed by atoms with Gasteiger partial charge in [-0.15, -0.1) is 0 Å². The third-order valence-corrected chi connectivity index (χ3v) is 2.88. The van der Waals surface area contributed by atoms with Crippen molar-refractivity contribution < 1.29 is 23.0 Å². The summed E-state index contributed by atoms with van der Waals surface area (Å²) in [5.74, 6) is -2.09. The largest absolute Gasteiger partial charge is 0.488 e. The standard InChI is InChI=1S/C14H15F2NO3/c1-4-19-13-10(15)7-11-9(12(13)16)6-8(3)17(11)14(18)20-5-2/h6-7H,4-5H2,1-3H3. The number of ether oxygens (including phenoxy) is 2. The van der Waals surface area contributed by atoms with Gasteiger partial charge in [0.25, 0.3) is 0 Å². The zero-order chi connectivity index (χ0) is 14.9. The molecule has 0 bridgehead atoms. The molecule has 1 heterocycles. The van der Waals surface area contributed by atoms with E-state index in [0.717, 1.165) is 10.6 Å². The smallest absolute Gasteiger partial charge is 0.418 e. The first-order valence-corrected chi connectivity index (χ1v) is 6.31. The van der Waals surface area contributed by atoms with Gasteiger partial charge < -0.3 is 9.47 Å². The number of hydrogen-bond acceptors (Lipinski definition) is 3. The minimum absolute atomic E-state index is 0.124. The number of benzene rings is 1. The summed E-state index contributed by atoms with van der Waals surface area (Å²) in [6.07, 6.45) is -0.664. The maximum Gasteiger partial charge on any atom is 0.418 e. The van der Waals surface area contributed by atoms with Crippen molar-refractivity contribution in [3.63, 3.8) is 0 Å². The average molecular weight is 283 g/mol. The molecule has 0 fully saturated rings. The van der Waals surface area contributed by atoms with Gasteiger partial charge in [-0.1, -0.05) is 0 Å². The highest BCUT2D eigenvalue weighted by Gasteiger charge is 2.21. The minimum Gasteiger partial charge on any atom is -0.488 e. The van der Waals surface area contributed by atoms with Gasteiger partial charge in [-0.25, -0.2) is 18.1 Å². The van der Waals surface area contributed by atoms with E-state index in [1.54, 1.807) is 20.8 Å². The fourth-order valence-electron chi connectivity index (χ4n) is 2.10. The Morgan fingerprint density at radius 1 is 1.25 bits per heavy atom. The van der Waals surface area contributed by atoms with E-state index < -0.39 is 23.5 Å². The number of hydrogen-bond donors (Lipinski definition) is 0. The van der Waals surface area contributed by atoms with Crippen LogP contribution >= 0.6 is 0 Å². The summed E-state index contributed by atoms with van der Waals surface area (Å²) in [6.45, 7) is 5.25. The van der Waals surface area contributed by atoms with Crippen molar-refractivity contribution in [2.24, 2.45) is 0 Å². The van der Waals surface area contributed by atoms with Crippen LogP contribution in [0, 0.1) is 18.6 Å². The van der Waals surface area contributed by atoms with Gasteiger partial charge in [0.1, 0.15) is 0 Å². The predicted octanol–water partition coefficient (Wildman–Crippen LogP) is 3.63. The van der Waals surface area contributed by atoms with E-state index in [0.29, 0.717) is 5.69 Å². The van der Waals surface area contributed by atoms with E-state index in [2.05, 4.69) is 0 Å². The molecule has 0 aliphatic rings. The second-order valence-corrected chi connectivity index (χ2v) is 4.19. The molecule has 20 heavy (non-hydrogen) atoms. The van der Waals surface area contributed by atoms with Crippen LogP contribution in [0.4, 0.5) is 13.6 Å². The molecule has 6 heteroatoms. The van der Waals surface area contributed by atoms with Crippen LogP contribution in [-0.4, -0.2) is 23.9 Å². The van der Waals surface area contributed by atoms with Gasteiger partial charge in [0, 0.05) is 17.1 Å². The first-order chi connectivity index (χ1) is 9.51. The Labute approximate surface area is 114 Å². The number of fused-ring (bicyclic) bond motifs is 1. The Kier molecular flexibility index (Phi) is 3.92. The summed E-state index contributed by atoms with van der Waals surface area (Å²) >= 11 is 0. The third kappa shape index (κ3) is 2.21. The molecule has 0 amide bonds. The highest BCUT2D eigenvalue weighted by molar-refractivity contribution is 5.92. The number of rotatable bonds is 3. The number of carbonyl (C=O) groups is 1. The molecule has 0 aliphatic heterocycles. The van der Waals surface area contributed by atoms with Crippen LogP contribution in [0.3, 0.4) is 0 Å². The van der Waals surface area contributed by atoms with Crippen LogP contribution in [0.1, 0.15) is 19.5 Å². The van der Waals surface area contributed by atoms with Crippen molar-refractivity contribution >= 4 is 17.0 Å². The van der Waals surface area contributed by atoms with E-state index >= 15 is 0 Å². The first-order valence-electron chi connectivity index (χ1n) is 6.31. The lowest BCUT2D eigenvalue weighted by Gasteiger charge is -2.09. The number of aromatic nitrogens is 1. The molecule has 0 atom stereocenters. The van der Waals surface area contributed by atoms with Crippen LogP contribution in [0.15, 0.2) is 12.1 Å². The maximum atomic E-state index is 14.2. The fraction of sp³-hybridized carbons (Fsp3) is 0.357. The zero-order valence-corrected chi connectivity index (χ0v) is 11.5. The molecule has 1 aromatic heterocycles. The molecule has 2 rings (SSSR count). The Morgan fingerprint density at radius 2 is 1.95 bits per heavy atom. The lowest BCUT2D eigenvalue weighted by molar-refractivity contribution is 0.154. The van der Waals surface area contributed by atoms with E-state index in [-0.39, 0.29) is 24.1 Å². The molecule has 4 nitrogen and oxygen atoms in total. The van der Waals surface area contributed by atoms with Gasteiger partial charge in [-0.3, -0.25) is 0 Å². The summed E-state index contributed by atoms with van der Waals surface area (Å²) in [5.41, 5.74) is 0.588. The number of halogens is 2. The Balaban J connectivity index is 2.69. The van der Waals surface area contributed by atoms with Crippen LogP contribution in [0.25, 0.3) is 10.9 Å². The van der Waals surface area contributed by atoms with Crippen LogP contribution in [0.2, 0.25) is 0 Å². The van der Waals surface area contributed by atoms with Crippen LogP contribution < -0.4 is 4.74 Å². The molecule has 0 spiro atoms. The van der Waals surface area contributed by atoms with E-state index in [1.807, 2.05) is 0 Å². The second kappa shape index (κ2) is 5.48. The van der Waals surface area contributed by atoms with E-state index in [4.69, 9.17) is 9.47 Å². The number of aryl methyl sites for hydroxylation is 1. The maximum absolute atomic E-state index is 14.2. The molecule has 108 valence electrons. The zero-order valence-electron chi connectivity index (χ0n) is 11.5. The van der Waals surface area contributed by atoms with E-state index in [1.165, 1.54) is 6.07 Å². The average Bonchev–Trinajstić information content (AvgIpc) is 2.71. The monoisotopic (exact) mass is 283 g/mol. The van der Waals surface area contributed by atoms with Crippen molar-refractivity contribution in [2.45, 2.75) is 20.8 Å². The lowest BCUT2D eigenvalue weighted by atomic mass is 10.2. The molecule has 0 aliphatic carbocycles. The molecule has 0 saturated heterocycles. The first kappa shape index (κ1) is 14.3. The molecule has 2 aromatic rings. The van der Waals surface area contributed by atoms with Crippen molar-refractivity contribution in [1.29, 1.82) is 0 Å². The minimum atomic E-state index is -0.847. The summed E-state index contributed by atoms with van der Waals surface area (Å²) in [7, 11) is 0. The second-order valence-electron chi connectivity index (χ2n) is 4.19. The Bertz CT molecular complexity index is 664. The van der Waals surface area contributed by atoms with Crippen molar-refractivity contribution in [3.05, 3.63) is 29.5 Å². The molecule has 0 saturated carbocycles. The summed E-state index contributed by atoms with van der Waals surface area (Å²) < 4.78 is 39.1. The normalized spacial score (nSPS) is 10.8. The van der Waals surface area contributed by atoms with Crippen LogP contribution in [0.5, 0.6) is 5.75 Å². The highest BCUT2D eigenvalue weighted by atomic mass is 19.1. The quantitative estimate of drug-likeness (QED) is 0.863. The van der Waals surface area contributed by atoms with Gasteiger partial charge in [0.2, 0.25) is 0 Å². The number of nitrogens with zero attached hydrogens (tertiary/aromatic N) is 1. The van der Waals surface area contributed by atoms with Crippen molar-refractivity contribution in [1.82, 2.24) is 4.57 Å². The molecular weight excluding hydrogens is 268 g/mol. The topological polar surface area (TPSA) is 40.5 Å². The predicted molar refractivity (Wildman–Crippen MR) is 70.2 cm³/mol. The van der Waals surface area contributed by atoms with Gasteiger partial charge >= 0.3 is 6.09 Å². The highest BCUT2D eigenvalue weighted by Crippen LogP contribution is 2.32. The molecule has 0 N–H and O–H groups in total. The lowest BCUT2D eigenvalue weighted by Crippen LogP contribution is -2.14. The van der Waals surface area contributed by atoms with Crippen molar-refractivity contribution in [2.75, 3.05) is 13.2 Å². The van der Waals surface area contributed by atoms with Gasteiger partial charge in [-0.05, 0) is 26.8 Å². The summed E-state index contributed by atoms with van der Waals surface area (Å²) in [5, 5.41) is 0.125. The Hall–Kier alpha value is -2.11. The van der Waals surface area contributed by atoms with E-state index in [9.17, 15) is 13.6 Å². The third-order valence-electron chi connectivity index (χ3n) is 2.88. The Morgan fingerprint density at radius 3 is 2.55 bits per heavy atom. The number of carbonyl (C=O) groups excluding carboxylic acids is 1. The van der Waals surface area contributed by atoms with Gasteiger partial charge in [0.05, 0.1) is 18.7 Å². The fourth-order valence-corrected chi connectivity index (χ4v) is 2.10. The van der Waals surface area contributed by atoms with Gasteiger partial charge in [0.15, 0.2) is 17.4 Å². The molecular formula is C14H15F2NO3. The molecule has 0 unspecified atom stereocenters. The SMILES string of the molecule is CCOC(=O)n1c(C)cc2c(F)c(OCC)c(F)cc21.